The second-order valence-corrected chi connectivity index (χ2v) is 7.57. The first-order chi connectivity index (χ1) is 8.77. The standard InChI is InChI=1S/C12H19NO4S2/c1-4-5-6-10(12(14)15)13-19(16,17)11-7-8(2)18-9(11)3/h7,10,13H,4-6H2,1-3H3,(H,14,15)/t10-/m0/s1. The molecule has 0 spiro atoms. The van der Waals surface area contributed by atoms with Crippen LogP contribution in [0, 0.1) is 13.8 Å². The summed E-state index contributed by atoms with van der Waals surface area (Å²) < 4.78 is 26.6. The van der Waals surface area contributed by atoms with Gasteiger partial charge in [-0.1, -0.05) is 19.8 Å². The normalized spacial score (nSPS) is 13.4. The molecule has 0 saturated heterocycles. The fourth-order valence-corrected chi connectivity index (χ4v) is 4.54. The summed E-state index contributed by atoms with van der Waals surface area (Å²) in [7, 11) is -3.77. The van der Waals surface area contributed by atoms with E-state index in [0.29, 0.717) is 17.7 Å². The highest BCUT2D eigenvalue weighted by atomic mass is 32.2. The molecule has 0 aromatic carbocycles. The van der Waals surface area contributed by atoms with Crippen molar-refractivity contribution < 1.29 is 18.3 Å². The number of nitrogens with one attached hydrogen (secondary N) is 1. The maximum Gasteiger partial charge on any atom is 0.321 e. The lowest BCUT2D eigenvalue weighted by atomic mass is 10.1. The highest BCUT2D eigenvalue weighted by Crippen LogP contribution is 2.25. The van der Waals surface area contributed by atoms with Crippen LogP contribution in [0.3, 0.4) is 0 Å². The van der Waals surface area contributed by atoms with E-state index in [4.69, 9.17) is 5.11 Å². The highest BCUT2D eigenvalue weighted by molar-refractivity contribution is 7.89. The van der Waals surface area contributed by atoms with Gasteiger partial charge in [0.15, 0.2) is 0 Å². The highest BCUT2D eigenvalue weighted by Gasteiger charge is 2.26. The van der Waals surface area contributed by atoms with Gasteiger partial charge in [-0.05, 0) is 26.3 Å². The smallest absolute Gasteiger partial charge is 0.321 e. The van der Waals surface area contributed by atoms with Gasteiger partial charge in [0, 0.05) is 9.75 Å². The molecule has 1 aromatic heterocycles. The van der Waals surface area contributed by atoms with Crippen molar-refractivity contribution in [2.24, 2.45) is 0 Å². The van der Waals surface area contributed by atoms with Crippen LogP contribution in [0.4, 0.5) is 0 Å². The third-order valence-corrected chi connectivity index (χ3v) is 5.42. The van der Waals surface area contributed by atoms with Gasteiger partial charge in [-0.2, -0.15) is 4.72 Å². The Hall–Kier alpha value is -0.920. The van der Waals surface area contributed by atoms with E-state index in [1.54, 1.807) is 13.0 Å². The van der Waals surface area contributed by atoms with Gasteiger partial charge in [0.1, 0.15) is 6.04 Å². The maximum absolute atomic E-state index is 12.2. The summed E-state index contributed by atoms with van der Waals surface area (Å²) in [4.78, 5) is 12.8. The Morgan fingerprint density at radius 1 is 1.47 bits per heavy atom. The fraction of sp³-hybridized carbons (Fsp3) is 0.583. The summed E-state index contributed by atoms with van der Waals surface area (Å²) in [6.45, 7) is 5.47. The van der Waals surface area contributed by atoms with Crippen LogP contribution in [0.15, 0.2) is 11.0 Å². The van der Waals surface area contributed by atoms with Gasteiger partial charge in [0.25, 0.3) is 0 Å². The van der Waals surface area contributed by atoms with Crippen LogP contribution in [-0.4, -0.2) is 25.5 Å². The van der Waals surface area contributed by atoms with Crippen molar-refractivity contribution in [1.82, 2.24) is 4.72 Å². The van der Waals surface area contributed by atoms with Crippen molar-refractivity contribution in [3.05, 3.63) is 15.8 Å². The number of hydrogen-bond acceptors (Lipinski definition) is 4. The van der Waals surface area contributed by atoms with E-state index < -0.39 is 22.0 Å². The first-order valence-corrected chi connectivity index (χ1v) is 8.40. The minimum atomic E-state index is -3.77. The summed E-state index contributed by atoms with van der Waals surface area (Å²) >= 11 is 1.38. The molecule has 0 radical (unpaired) electrons. The second-order valence-electron chi connectivity index (χ2n) is 4.43. The van der Waals surface area contributed by atoms with E-state index >= 15 is 0 Å². The first kappa shape index (κ1) is 16.1. The lowest BCUT2D eigenvalue weighted by Gasteiger charge is -2.14. The minimum absolute atomic E-state index is 0.178. The van der Waals surface area contributed by atoms with E-state index in [0.717, 1.165) is 11.3 Å². The molecular formula is C12H19NO4S2. The van der Waals surface area contributed by atoms with Crippen molar-refractivity contribution in [3.63, 3.8) is 0 Å². The molecule has 0 bridgehead atoms. The number of sulfonamides is 1. The molecule has 0 amide bonds. The molecule has 19 heavy (non-hydrogen) atoms. The van der Waals surface area contributed by atoms with E-state index in [1.165, 1.54) is 11.3 Å². The number of aliphatic carboxylic acids is 1. The molecule has 5 nitrogen and oxygen atoms in total. The monoisotopic (exact) mass is 305 g/mol. The number of unbranched alkanes of at least 4 members (excludes halogenated alkanes) is 1. The van der Waals surface area contributed by atoms with Crippen molar-refractivity contribution >= 4 is 27.3 Å². The quantitative estimate of drug-likeness (QED) is 0.809. The van der Waals surface area contributed by atoms with E-state index in [-0.39, 0.29) is 4.90 Å². The minimum Gasteiger partial charge on any atom is -0.480 e. The maximum atomic E-state index is 12.2. The van der Waals surface area contributed by atoms with Gasteiger partial charge in [-0.3, -0.25) is 4.79 Å². The fourth-order valence-electron chi connectivity index (χ4n) is 1.77. The number of carboxylic acids is 1. The van der Waals surface area contributed by atoms with Crippen LogP contribution in [0.2, 0.25) is 0 Å². The van der Waals surface area contributed by atoms with Gasteiger partial charge in [-0.25, -0.2) is 8.42 Å². The number of hydrogen-bond donors (Lipinski definition) is 2. The van der Waals surface area contributed by atoms with Gasteiger partial charge < -0.3 is 5.11 Å². The van der Waals surface area contributed by atoms with E-state index in [9.17, 15) is 13.2 Å². The van der Waals surface area contributed by atoms with Crippen molar-refractivity contribution in [3.8, 4) is 0 Å². The molecule has 0 unspecified atom stereocenters. The van der Waals surface area contributed by atoms with Crippen LogP contribution in [-0.2, 0) is 14.8 Å². The SMILES string of the molecule is CCCC[C@H](NS(=O)(=O)c1cc(C)sc1C)C(=O)O. The van der Waals surface area contributed by atoms with Crippen LogP contribution in [0.25, 0.3) is 0 Å². The van der Waals surface area contributed by atoms with Crippen LogP contribution >= 0.6 is 11.3 Å². The average Bonchev–Trinajstić information content (AvgIpc) is 2.64. The Bertz CT molecular complexity index is 548. The summed E-state index contributed by atoms with van der Waals surface area (Å²) in [5, 5.41) is 9.06. The van der Waals surface area contributed by atoms with Crippen LogP contribution < -0.4 is 4.72 Å². The number of carbonyl (C=O) groups is 1. The molecule has 0 fully saturated rings. The predicted octanol–water partition coefficient (Wildman–Crippen LogP) is 2.29. The van der Waals surface area contributed by atoms with Crippen molar-refractivity contribution in [2.45, 2.75) is 51.0 Å². The first-order valence-electron chi connectivity index (χ1n) is 6.10. The molecule has 1 aromatic rings. The third kappa shape index (κ3) is 4.29. The molecule has 2 N–H and O–H groups in total. The summed E-state index contributed by atoms with van der Waals surface area (Å²) in [6, 6.07) is 0.505. The molecule has 7 heteroatoms. The molecular weight excluding hydrogens is 286 g/mol. The molecule has 0 aliphatic rings. The summed E-state index contributed by atoms with van der Waals surface area (Å²) in [5.74, 6) is -1.14. The number of thiophene rings is 1. The van der Waals surface area contributed by atoms with E-state index in [2.05, 4.69) is 4.72 Å². The zero-order chi connectivity index (χ0) is 14.6. The molecule has 1 rings (SSSR count). The van der Waals surface area contributed by atoms with Gasteiger partial charge in [0.05, 0.1) is 4.90 Å². The molecule has 108 valence electrons. The molecule has 1 heterocycles. The summed E-state index contributed by atoms with van der Waals surface area (Å²) in [5.41, 5.74) is 0. The Labute approximate surface area is 117 Å². The molecule has 0 saturated carbocycles. The van der Waals surface area contributed by atoms with Gasteiger partial charge in [-0.15, -0.1) is 11.3 Å². The molecule has 0 aliphatic heterocycles. The van der Waals surface area contributed by atoms with Crippen molar-refractivity contribution in [1.29, 1.82) is 0 Å². The number of aryl methyl sites for hydroxylation is 2. The Balaban J connectivity index is 2.94. The Morgan fingerprint density at radius 3 is 2.53 bits per heavy atom. The van der Waals surface area contributed by atoms with Crippen molar-refractivity contribution in [2.75, 3.05) is 0 Å². The van der Waals surface area contributed by atoms with E-state index in [1.807, 2.05) is 13.8 Å². The zero-order valence-electron chi connectivity index (χ0n) is 11.3. The Kier molecular flexibility index (Phi) is 5.51. The second kappa shape index (κ2) is 6.49. The number of carboxylic acid groups (broad SMARTS) is 1. The Morgan fingerprint density at radius 2 is 2.11 bits per heavy atom. The van der Waals surface area contributed by atoms with Gasteiger partial charge >= 0.3 is 5.97 Å². The average molecular weight is 305 g/mol. The topological polar surface area (TPSA) is 83.5 Å². The summed E-state index contributed by atoms with van der Waals surface area (Å²) in [6.07, 6.45) is 1.79. The third-order valence-electron chi connectivity index (χ3n) is 2.73. The van der Waals surface area contributed by atoms with Crippen LogP contribution in [0.1, 0.15) is 35.9 Å². The predicted molar refractivity (Wildman–Crippen MR) is 75.1 cm³/mol. The van der Waals surface area contributed by atoms with Gasteiger partial charge in [0.2, 0.25) is 10.0 Å². The number of rotatable bonds is 7. The lowest BCUT2D eigenvalue weighted by Crippen LogP contribution is -2.40. The largest absolute Gasteiger partial charge is 0.480 e. The lowest BCUT2D eigenvalue weighted by molar-refractivity contribution is -0.139. The molecule has 0 aliphatic carbocycles. The van der Waals surface area contributed by atoms with Crippen LogP contribution in [0.5, 0.6) is 0 Å². The zero-order valence-corrected chi connectivity index (χ0v) is 12.9. The molecule has 1 atom stereocenters.